The number of nitrogens with zero attached hydrogens (tertiary/aromatic N) is 1. The van der Waals surface area contributed by atoms with E-state index in [4.69, 9.17) is 16.9 Å². The summed E-state index contributed by atoms with van der Waals surface area (Å²) >= 11 is 9.05. The standard InChI is InChI=1S/C14H10BrClN2O2S/c1-9-2-3-10(8-17)6-14(9)18-21(19,20)11-4-5-13(16)12(15)7-11/h2-7,18H,1H3. The Morgan fingerprint density at radius 3 is 2.57 bits per heavy atom. The largest absolute Gasteiger partial charge is 0.279 e. The van der Waals surface area contributed by atoms with E-state index in [9.17, 15) is 8.42 Å². The number of nitriles is 1. The lowest BCUT2D eigenvalue weighted by Crippen LogP contribution is -2.14. The van der Waals surface area contributed by atoms with Crippen molar-refractivity contribution in [1.29, 1.82) is 5.26 Å². The van der Waals surface area contributed by atoms with Crippen LogP contribution in [0.25, 0.3) is 0 Å². The Bertz CT molecular complexity index is 845. The SMILES string of the molecule is Cc1ccc(C#N)cc1NS(=O)(=O)c1ccc(Cl)c(Br)c1. The van der Waals surface area contributed by atoms with Gasteiger partial charge >= 0.3 is 0 Å². The Balaban J connectivity index is 2.42. The molecule has 108 valence electrons. The fourth-order valence-electron chi connectivity index (χ4n) is 1.65. The summed E-state index contributed by atoms with van der Waals surface area (Å²) in [5.74, 6) is 0. The minimum Gasteiger partial charge on any atom is -0.279 e. The van der Waals surface area contributed by atoms with Crippen LogP contribution in [0.1, 0.15) is 11.1 Å². The van der Waals surface area contributed by atoms with Gasteiger partial charge < -0.3 is 0 Å². The minimum atomic E-state index is -3.75. The van der Waals surface area contributed by atoms with Crippen molar-refractivity contribution in [2.75, 3.05) is 4.72 Å². The lowest BCUT2D eigenvalue weighted by atomic mass is 10.1. The lowest BCUT2D eigenvalue weighted by Gasteiger charge is -2.11. The molecule has 0 amide bonds. The highest BCUT2D eigenvalue weighted by atomic mass is 79.9. The van der Waals surface area contributed by atoms with Gasteiger partial charge in [0.1, 0.15) is 0 Å². The van der Waals surface area contributed by atoms with Gasteiger partial charge in [0.25, 0.3) is 10.0 Å². The van der Waals surface area contributed by atoms with Gasteiger partial charge in [-0.25, -0.2) is 8.42 Å². The molecule has 2 aromatic carbocycles. The van der Waals surface area contributed by atoms with Gasteiger partial charge in [0.05, 0.1) is 27.2 Å². The molecule has 4 nitrogen and oxygen atoms in total. The molecule has 1 N–H and O–H groups in total. The molecule has 0 radical (unpaired) electrons. The molecule has 0 aliphatic rings. The Labute approximate surface area is 136 Å². The molecule has 2 rings (SSSR count). The van der Waals surface area contributed by atoms with Crippen LogP contribution < -0.4 is 4.72 Å². The first-order valence-electron chi connectivity index (χ1n) is 5.82. The van der Waals surface area contributed by atoms with E-state index < -0.39 is 10.0 Å². The van der Waals surface area contributed by atoms with Crippen LogP contribution in [-0.4, -0.2) is 8.42 Å². The third-order valence-corrected chi connectivity index (χ3v) is 5.39. The number of rotatable bonds is 3. The Morgan fingerprint density at radius 1 is 1.24 bits per heavy atom. The molecule has 0 aliphatic carbocycles. The Kier molecular flexibility index (Phi) is 4.57. The normalized spacial score (nSPS) is 11.0. The summed E-state index contributed by atoms with van der Waals surface area (Å²) in [6.45, 7) is 1.76. The van der Waals surface area contributed by atoms with Crippen molar-refractivity contribution in [2.45, 2.75) is 11.8 Å². The summed E-state index contributed by atoms with van der Waals surface area (Å²) in [5, 5.41) is 9.31. The lowest BCUT2D eigenvalue weighted by molar-refractivity contribution is 0.601. The summed E-state index contributed by atoms with van der Waals surface area (Å²) in [7, 11) is -3.75. The third kappa shape index (κ3) is 3.56. The number of hydrogen-bond donors (Lipinski definition) is 1. The fraction of sp³-hybridized carbons (Fsp3) is 0.0714. The van der Waals surface area contributed by atoms with Crippen LogP contribution >= 0.6 is 27.5 Å². The number of hydrogen-bond acceptors (Lipinski definition) is 3. The van der Waals surface area contributed by atoms with Crippen molar-refractivity contribution in [3.05, 3.63) is 57.0 Å². The summed E-state index contributed by atoms with van der Waals surface area (Å²) in [5.41, 5.74) is 1.49. The summed E-state index contributed by atoms with van der Waals surface area (Å²) in [6.07, 6.45) is 0. The van der Waals surface area contributed by atoms with E-state index in [-0.39, 0.29) is 4.90 Å². The van der Waals surface area contributed by atoms with Crippen molar-refractivity contribution in [3.63, 3.8) is 0 Å². The van der Waals surface area contributed by atoms with Crippen molar-refractivity contribution >= 4 is 43.2 Å². The second-order valence-corrected chi connectivity index (χ2v) is 7.27. The second-order valence-electron chi connectivity index (χ2n) is 4.32. The van der Waals surface area contributed by atoms with E-state index in [2.05, 4.69) is 20.7 Å². The zero-order chi connectivity index (χ0) is 15.6. The highest BCUT2D eigenvalue weighted by Crippen LogP contribution is 2.27. The van der Waals surface area contributed by atoms with Gasteiger partial charge in [-0.2, -0.15) is 5.26 Å². The fourth-order valence-corrected chi connectivity index (χ4v) is 3.44. The van der Waals surface area contributed by atoms with E-state index in [1.165, 1.54) is 24.3 Å². The number of nitrogens with one attached hydrogen (secondary N) is 1. The summed E-state index contributed by atoms with van der Waals surface area (Å²) < 4.78 is 27.7. The quantitative estimate of drug-likeness (QED) is 0.865. The number of anilines is 1. The number of aryl methyl sites for hydroxylation is 1. The molecule has 0 aliphatic heterocycles. The van der Waals surface area contributed by atoms with Crippen LogP contribution in [-0.2, 0) is 10.0 Å². The van der Waals surface area contributed by atoms with Crippen LogP contribution in [0.15, 0.2) is 45.8 Å². The molecule has 21 heavy (non-hydrogen) atoms. The van der Waals surface area contributed by atoms with Gasteiger partial charge in [0.2, 0.25) is 0 Å². The second kappa shape index (κ2) is 6.06. The van der Waals surface area contributed by atoms with Gasteiger partial charge in [-0.15, -0.1) is 0 Å². The monoisotopic (exact) mass is 384 g/mol. The molecule has 0 saturated heterocycles. The van der Waals surface area contributed by atoms with Crippen LogP contribution in [0, 0.1) is 18.3 Å². The van der Waals surface area contributed by atoms with Crippen LogP contribution in [0.5, 0.6) is 0 Å². The van der Waals surface area contributed by atoms with E-state index in [1.807, 2.05) is 6.07 Å². The molecule has 2 aromatic rings. The van der Waals surface area contributed by atoms with E-state index in [0.717, 1.165) is 5.56 Å². The number of benzene rings is 2. The van der Waals surface area contributed by atoms with E-state index in [1.54, 1.807) is 19.1 Å². The summed E-state index contributed by atoms with van der Waals surface area (Å²) in [4.78, 5) is 0.0838. The Hall–Kier alpha value is -1.55. The highest BCUT2D eigenvalue weighted by molar-refractivity contribution is 9.10. The highest BCUT2D eigenvalue weighted by Gasteiger charge is 2.16. The smallest absolute Gasteiger partial charge is 0.261 e. The van der Waals surface area contributed by atoms with Gasteiger partial charge in [-0.05, 0) is 58.7 Å². The maximum absolute atomic E-state index is 12.4. The van der Waals surface area contributed by atoms with E-state index in [0.29, 0.717) is 20.7 Å². The first-order chi connectivity index (χ1) is 9.83. The zero-order valence-corrected chi connectivity index (χ0v) is 14.1. The molecule has 0 spiro atoms. The average molecular weight is 386 g/mol. The molecule has 0 aromatic heterocycles. The van der Waals surface area contributed by atoms with Crippen molar-refractivity contribution < 1.29 is 8.42 Å². The van der Waals surface area contributed by atoms with Crippen LogP contribution in [0.4, 0.5) is 5.69 Å². The molecule has 0 bridgehead atoms. The maximum atomic E-state index is 12.4. The van der Waals surface area contributed by atoms with Crippen molar-refractivity contribution in [2.24, 2.45) is 0 Å². The van der Waals surface area contributed by atoms with Crippen molar-refractivity contribution in [3.8, 4) is 6.07 Å². The topological polar surface area (TPSA) is 70.0 Å². The average Bonchev–Trinajstić information content (AvgIpc) is 2.44. The first-order valence-corrected chi connectivity index (χ1v) is 8.47. The van der Waals surface area contributed by atoms with Crippen LogP contribution in [0.3, 0.4) is 0 Å². The van der Waals surface area contributed by atoms with Crippen molar-refractivity contribution in [1.82, 2.24) is 0 Å². The Morgan fingerprint density at radius 2 is 1.95 bits per heavy atom. The molecule has 0 fully saturated rings. The zero-order valence-electron chi connectivity index (χ0n) is 10.9. The molecule has 0 unspecified atom stereocenters. The van der Waals surface area contributed by atoms with E-state index >= 15 is 0 Å². The van der Waals surface area contributed by atoms with Gasteiger partial charge in [-0.3, -0.25) is 4.72 Å². The molecule has 7 heteroatoms. The first kappa shape index (κ1) is 15.8. The number of sulfonamides is 1. The van der Waals surface area contributed by atoms with Gasteiger partial charge in [0.15, 0.2) is 0 Å². The minimum absolute atomic E-state index is 0.0838. The molecular formula is C14H10BrClN2O2S. The number of halogens is 2. The van der Waals surface area contributed by atoms with Crippen LogP contribution in [0.2, 0.25) is 5.02 Å². The van der Waals surface area contributed by atoms with Gasteiger partial charge in [0, 0.05) is 4.47 Å². The predicted octanol–water partition coefficient (Wildman–Crippen LogP) is 4.08. The maximum Gasteiger partial charge on any atom is 0.261 e. The molecule has 0 atom stereocenters. The van der Waals surface area contributed by atoms with Gasteiger partial charge in [-0.1, -0.05) is 17.7 Å². The molecule has 0 heterocycles. The summed E-state index contributed by atoms with van der Waals surface area (Å²) in [6, 6.07) is 11.1. The third-order valence-electron chi connectivity index (χ3n) is 2.81. The molecule has 0 saturated carbocycles. The predicted molar refractivity (Wildman–Crippen MR) is 85.9 cm³/mol. The molecular weight excluding hydrogens is 376 g/mol.